The van der Waals surface area contributed by atoms with E-state index in [4.69, 9.17) is 4.74 Å². The number of aldehydes is 1. The van der Waals surface area contributed by atoms with Crippen molar-refractivity contribution in [1.82, 2.24) is 16.0 Å². The number of amides is 3. The van der Waals surface area contributed by atoms with Gasteiger partial charge in [0.05, 0.1) is 13.2 Å². The molecule has 0 spiro atoms. The molecule has 1 aliphatic rings. The van der Waals surface area contributed by atoms with Gasteiger partial charge in [-0.3, -0.25) is 14.4 Å². The molecule has 1 aromatic carbocycles. The largest absolute Gasteiger partial charge is 0.497 e. The van der Waals surface area contributed by atoms with Crippen molar-refractivity contribution >= 4 is 24.5 Å². The lowest BCUT2D eigenvalue weighted by molar-refractivity contribution is -0.131. The first-order valence-corrected chi connectivity index (χ1v) is 10.4. The van der Waals surface area contributed by atoms with Gasteiger partial charge in [-0.25, -0.2) is 0 Å². The number of rotatable bonds is 12. The van der Waals surface area contributed by atoms with Gasteiger partial charge < -0.3 is 25.5 Å². The van der Waals surface area contributed by atoms with Crippen molar-refractivity contribution in [3.63, 3.8) is 0 Å². The summed E-state index contributed by atoms with van der Waals surface area (Å²) in [6, 6.07) is 4.93. The number of ether oxygens (including phenoxy) is 1. The summed E-state index contributed by atoms with van der Waals surface area (Å²) >= 11 is 0. The average Bonchev–Trinajstić information content (AvgIpc) is 3.26. The second-order valence-corrected chi connectivity index (χ2v) is 7.76. The maximum absolute atomic E-state index is 12.9. The zero-order valence-corrected chi connectivity index (χ0v) is 17.6. The molecule has 1 aromatic rings. The summed E-state index contributed by atoms with van der Waals surface area (Å²) in [5.41, 5.74) is 0.825. The van der Waals surface area contributed by atoms with Gasteiger partial charge in [-0.2, -0.15) is 0 Å². The minimum atomic E-state index is -0.882. The van der Waals surface area contributed by atoms with Gasteiger partial charge >= 0.3 is 0 Å². The zero-order chi connectivity index (χ0) is 21.9. The Labute approximate surface area is 177 Å². The number of nitrogens with one attached hydrogen (secondary N) is 3. The topological polar surface area (TPSA) is 114 Å². The highest BCUT2D eigenvalue weighted by Crippen LogP contribution is 2.28. The number of carbonyl (C=O) groups excluding carboxylic acids is 4. The first kappa shape index (κ1) is 23.4. The van der Waals surface area contributed by atoms with Gasteiger partial charge in [0, 0.05) is 6.42 Å². The zero-order valence-electron chi connectivity index (χ0n) is 17.6. The van der Waals surface area contributed by atoms with Gasteiger partial charge in [0.2, 0.25) is 18.2 Å². The van der Waals surface area contributed by atoms with Crippen molar-refractivity contribution in [3.05, 3.63) is 29.8 Å². The van der Waals surface area contributed by atoms with Crippen LogP contribution in [0.1, 0.15) is 44.6 Å². The van der Waals surface area contributed by atoms with Gasteiger partial charge in [0.25, 0.3) is 0 Å². The molecule has 1 aliphatic carbocycles. The highest BCUT2D eigenvalue weighted by Gasteiger charge is 2.27. The van der Waals surface area contributed by atoms with Gasteiger partial charge in [-0.15, -0.1) is 0 Å². The molecule has 164 valence electrons. The molecule has 30 heavy (non-hydrogen) atoms. The minimum Gasteiger partial charge on any atom is -0.497 e. The van der Waals surface area contributed by atoms with Crippen LogP contribution in [0.2, 0.25) is 0 Å². The fraction of sp³-hybridized carbons (Fsp3) is 0.545. The van der Waals surface area contributed by atoms with E-state index in [-0.39, 0.29) is 6.42 Å². The third kappa shape index (κ3) is 7.17. The van der Waals surface area contributed by atoms with Crippen molar-refractivity contribution in [1.29, 1.82) is 0 Å². The predicted molar refractivity (Wildman–Crippen MR) is 112 cm³/mol. The summed E-state index contributed by atoms with van der Waals surface area (Å²) < 4.78 is 5.15. The number of hydrogen-bond donors (Lipinski definition) is 3. The third-order valence-electron chi connectivity index (χ3n) is 5.50. The lowest BCUT2D eigenvalue weighted by Crippen LogP contribution is -2.54. The van der Waals surface area contributed by atoms with Crippen LogP contribution < -0.4 is 20.7 Å². The van der Waals surface area contributed by atoms with E-state index in [2.05, 4.69) is 16.0 Å². The van der Waals surface area contributed by atoms with Crippen LogP contribution in [0.4, 0.5) is 0 Å². The van der Waals surface area contributed by atoms with Crippen LogP contribution in [0.25, 0.3) is 0 Å². The third-order valence-corrected chi connectivity index (χ3v) is 5.50. The molecule has 8 nitrogen and oxygen atoms in total. The van der Waals surface area contributed by atoms with E-state index < -0.39 is 29.9 Å². The molecule has 1 fully saturated rings. The number of benzene rings is 1. The number of carbonyl (C=O) groups is 4. The number of methoxy groups -OCH3 is 1. The van der Waals surface area contributed by atoms with Crippen LogP contribution in [0.5, 0.6) is 5.75 Å². The summed E-state index contributed by atoms with van der Waals surface area (Å²) in [7, 11) is 1.57. The minimum absolute atomic E-state index is 0.240. The Balaban J connectivity index is 2.08. The second-order valence-electron chi connectivity index (χ2n) is 7.76. The summed E-state index contributed by atoms with van der Waals surface area (Å²) in [6.07, 6.45) is 6.50. The summed E-state index contributed by atoms with van der Waals surface area (Å²) in [5, 5.41) is 7.83. The SMILES string of the molecule is COc1ccc(C[C@H](NC(=O)C(C)NC=O)C(=O)N[C@H](C=O)CC2CCCC2)cc1. The highest BCUT2D eigenvalue weighted by molar-refractivity contribution is 5.91. The Morgan fingerprint density at radius 1 is 1.10 bits per heavy atom. The van der Waals surface area contributed by atoms with Crippen molar-refractivity contribution < 1.29 is 23.9 Å². The highest BCUT2D eigenvalue weighted by atomic mass is 16.5. The van der Waals surface area contributed by atoms with Gasteiger partial charge in [-0.05, 0) is 37.0 Å². The molecule has 3 N–H and O–H groups in total. The lowest BCUT2D eigenvalue weighted by Gasteiger charge is -2.23. The van der Waals surface area contributed by atoms with E-state index in [9.17, 15) is 19.2 Å². The van der Waals surface area contributed by atoms with Gasteiger partial charge in [-0.1, -0.05) is 37.8 Å². The van der Waals surface area contributed by atoms with E-state index in [0.717, 1.165) is 37.5 Å². The molecule has 3 amide bonds. The van der Waals surface area contributed by atoms with E-state index in [1.165, 1.54) is 6.92 Å². The van der Waals surface area contributed by atoms with Crippen LogP contribution in [-0.2, 0) is 25.6 Å². The lowest BCUT2D eigenvalue weighted by atomic mass is 9.98. The van der Waals surface area contributed by atoms with Crippen molar-refractivity contribution in [2.75, 3.05) is 7.11 Å². The van der Waals surface area contributed by atoms with Crippen LogP contribution in [0, 0.1) is 5.92 Å². The predicted octanol–water partition coefficient (Wildman–Crippen LogP) is 1.12. The maximum atomic E-state index is 12.9. The van der Waals surface area contributed by atoms with Crippen molar-refractivity contribution in [3.8, 4) is 5.75 Å². The monoisotopic (exact) mass is 417 g/mol. The normalized spacial score (nSPS) is 16.7. The molecule has 0 saturated heterocycles. The second kappa shape index (κ2) is 11.9. The first-order valence-electron chi connectivity index (χ1n) is 10.4. The van der Waals surface area contributed by atoms with Crippen LogP contribution in [-0.4, -0.2) is 49.7 Å². The van der Waals surface area contributed by atoms with E-state index in [1.54, 1.807) is 19.2 Å². The Morgan fingerprint density at radius 2 is 1.77 bits per heavy atom. The molecule has 3 atom stereocenters. The Bertz CT molecular complexity index is 716. The standard InChI is InChI=1S/C22H31N3O5/c1-15(23-14-27)21(28)25-20(12-17-7-9-19(30-2)10-8-17)22(29)24-18(13-26)11-16-5-3-4-6-16/h7-10,13-16,18,20H,3-6,11-12H2,1-2H3,(H,23,27)(H,24,29)(H,25,28)/t15?,18-,20-/m0/s1. The molecule has 8 heteroatoms. The molecule has 1 unspecified atom stereocenters. The van der Waals surface area contributed by atoms with Crippen LogP contribution in [0.3, 0.4) is 0 Å². The van der Waals surface area contributed by atoms with Crippen molar-refractivity contribution in [2.45, 2.75) is 63.6 Å². The molecule has 2 rings (SSSR count). The Hall–Kier alpha value is -2.90. The Kier molecular flexibility index (Phi) is 9.31. The van der Waals surface area contributed by atoms with Crippen LogP contribution >= 0.6 is 0 Å². The van der Waals surface area contributed by atoms with E-state index in [1.807, 2.05) is 12.1 Å². The average molecular weight is 418 g/mol. The molecule has 0 aliphatic heterocycles. The molecular formula is C22H31N3O5. The molecule has 0 radical (unpaired) electrons. The van der Waals surface area contributed by atoms with Gasteiger partial charge in [0.1, 0.15) is 24.1 Å². The molecule has 0 heterocycles. The quantitative estimate of drug-likeness (QED) is 0.441. The van der Waals surface area contributed by atoms with E-state index in [0.29, 0.717) is 24.5 Å². The maximum Gasteiger partial charge on any atom is 0.243 e. The fourth-order valence-corrected chi connectivity index (χ4v) is 3.72. The summed E-state index contributed by atoms with van der Waals surface area (Å²) in [4.78, 5) is 47.5. The van der Waals surface area contributed by atoms with Gasteiger partial charge in [0.15, 0.2) is 0 Å². The Morgan fingerprint density at radius 3 is 2.33 bits per heavy atom. The molecule has 1 saturated carbocycles. The molecular weight excluding hydrogens is 386 g/mol. The molecule has 0 bridgehead atoms. The van der Waals surface area contributed by atoms with E-state index >= 15 is 0 Å². The smallest absolute Gasteiger partial charge is 0.243 e. The van der Waals surface area contributed by atoms with Crippen LogP contribution in [0.15, 0.2) is 24.3 Å². The molecule has 0 aromatic heterocycles. The summed E-state index contributed by atoms with van der Waals surface area (Å²) in [6.45, 7) is 1.53. The fourth-order valence-electron chi connectivity index (χ4n) is 3.72. The summed E-state index contributed by atoms with van der Waals surface area (Å²) in [5.74, 6) is 0.221. The van der Waals surface area contributed by atoms with Crippen molar-refractivity contribution in [2.24, 2.45) is 5.92 Å². The first-order chi connectivity index (χ1) is 14.5. The number of hydrogen-bond acceptors (Lipinski definition) is 5.